The lowest BCUT2D eigenvalue weighted by Crippen LogP contribution is -2.19. The molecule has 0 heterocycles. The largest absolute Gasteiger partial charge is 0.378 e. The van der Waals surface area contributed by atoms with Crippen LogP contribution in [0.5, 0.6) is 0 Å². The molecule has 0 bridgehead atoms. The van der Waals surface area contributed by atoms with Crippen molar-refractivity contribution in [3.8, 4) is 0 Å². The van der Waals surface area contributed by atoms with E-state index in [0.717, 1.165) is 18.6 Å². The molecule has 2 saturated carbocycles. The Morgan fingerprint density at radius 1 is 1.27 bits per heavy atom. The summed E-state index contributed by atoms with van der Waals surface area (Å²) < 4.78 is 5.79. The molecule has 0 aliphatic heterocycles. The highest BCUT2D eigenvalue weighted by molar-refractivity contribution is 4.80. The van der Waals surface area contributed by atoms with Crippen molar-refractivity contribution in [3.63, 3.8) is 0 Å². The first-order valence-corrected chi connectivity index (χ1v) is 6.69. The Morgan fingerprint density at radius 3 is 2.73 bits per heavy atom. The van der Waals surface area contributed by atoms with Crippen LogP contribution < -0.4 is 5.32 Å². The van der Waals surface area contributed by atoms with E-state index in [4.69, 9.17) is 4.74 Å². The molecule has 0 spiro atoms. The summed E-state index contributed by atoms with van der Waals surface area (Å²) in [5.41, 5.74) is 0. The highest BCUT2D eigenvalue weighted by Crippen LogP contribution is 2.32. The lowest BCUT2D eigenvalue weighted by molar-refractivity contribution is 0.0550. The van der Waals surface area contributed by atoms with Gasteiger partial charge in [-0.1, -0.05) is 12.8 Å². The Bertz CT molecular complexity index is 175. The third kappa shape index (κ3) is 5.53. The van der Waals surface area contributed by atoms with Gasteiger partial charge in [-0.15, -0.1) is 0 Å². The van der Waals surface area contributed by atoms with E-state index in [1.807, 2.05) is 0 Å². The van der Waals surface area contributed by atoms with E-state index in [0.29, 0.717) is 6.10 Å². The lowest BCUT2D eigenvalue weighted by Gasteiger charge is -2.12. The Hall–Kier alpha value is -0.0800. The van der Waals surface area contributed by atoms with Gasteiger partial charge < -0.3 is 10.1 Å². The molecule has 88 valence electrons. The Morgan fingerprint density at radius 2 is 2.07 bits per heavy atom. The maximum atomic E-state index is 5.79. The summed E-state index contributed by atoms with van der Waals surface area (Å²) in [5, 5.41) is 3.54. The topological polar surface area (TPSA) is 21.3 Å². The van der Waals surface area contributed by atoms with Gasteiger partial charge in [0, 0.05) is 12.6 Å². The molecule has 2 nitrogen and oxygen atoms in total. The number of rotatable bonds is 9. The zero-order valence-corrected chi connectivity index (χ0v) is 10.0. The number of hydrogen-bond acceptors (Lipinski definition) is 2. The van der Waals surface area contributed by atoms with Gasteiger partial charge in [0.2, 0.25) is 0 Å². The van der Waals surface area contributed by atoms with Crippen LogP contribution in [0.2, 0.25) is 0 Å². The van der Waals surface area contributed by atoms with Crippen LogP contribution in [0.1, 0.15) is 51.9 Å². The Balaban J connectivity index is 1.35. The van der Waals surface area contributed by atoms with Gasteiger partial charge in [-0.2, -0.15) is 0 Å². The zero-order chi connectivity index (χ0) is 10.5. The molecule has 2 fully saturated rings. The third-order valence-corrected chi connectivity index (χ3v) is 3.42. The van der Waals surface area contributed by atoms with Crippen molar-refractivity contribution in [1.82, 2.24) is 5.32 Å². The van der Waals surface area contributed by atoms with Crippen molar-refractivity contribution in [2.24, 2.45) is 5.92 Å². The maximum absolute atomic E-state index is 5.79. The van der Waals surface area contributed by atoms with Crippen LogP contribution >= 0.6 is 0 Å². The summed E-state index contributed by atoms with van der Waals surface area (Å²) in [6.45, 7) is 4.38. The van der Waals surface area contributed by atoms with Crippen molar-refractivity contribution in [3.05, 3.63) is 0 Å². The van der Waals surface area contributed by atoms with Crippen molar-refractivity contribution < 1.29 is 4.74 Å². The summed E-state index contributed by atoms with van der Waals surface area (Å²) in [6, 6.07) is 0.857. The molecule has 2 aliphatic carbocycles. The molecule has 2 rings (SSSR count). The van der Waals surface area contributed by atoms with E-state index in [1.165, 1.54) is 51.5 Å². The van der Waals surface area contributed by atoms with E-state index in [2.05, 4.69) is 12.2 Å². The van der Waals surface area contributed by atoms with Gasteiger partial charge in [-0.3, -0.25) is 0 Å². The van der Waals surface area contributed by atoms with Crippen LogP contribution in [-0.2, 0) is 4.74 Å². The van der Waals surface area contributed by atoms with Gasteiger partial charge in [0.05, 0.1) is 6.10 Å². The van der Waals surface area contributed by atoms with E-state index >= 15 is 0 Å². The third-order valence-electron chi connectivity index (χ3n) is 3.42. The fourth-order valence-corrected chi connectivity index (χ4v) is 1.91. The highest BCUT2D eigenvalue weighted by atomic mass is 16.5. The Labute approximate surface area is 93.8 Å². The quantitative estimate of drug-likeness (QED) is 0.592. The average Bonchev–Trinajstić information content (AvgIpc) is 3.06. The Kier molecular flexibility index (Phi) is 4.45. The minimum atomic E-state index is 0.463. The first kappa shape index (κ1) is 11.4. The molecule has 1 N–H and O–H groups in total. The second-order valence-corrected chi connectivity index (χ2v) is 5.28. The molecule has 2 aliphatic rings. The molecule has 0 aromatic heterocycles. The first-order chi connectivity index (χ1) is 7.34. The van der Waals surface area contributed by atoms with E-state index in [9.17, 15) is 0 Å². The fraction of sp³-hybridized carbons (Fsp3) is 1.00. The number of nitrogens with one attached hydrogen (secondary N) is 1. The lowest BCUT2D eigenvalue weighted by atomic mass is 10.2. The molecule has 0 radical (unpaired) electrons. The van der Waals surface area contributed by atoms with Crippen LogP contribution in [0.15, 0.2) is 0 Å². The van der Waals surface area contributed by atoms with Gasteiger partial charge in [-0.05, 0) is 51.5 Å². The molecule has 0 amide bonds. The van der Waals surface area contributed by atoms with Crippen LogP contribution in [0, 0.1) is 5.92 Å². The van der Waals surface area contributed by atoms with Gasteiger partial charge in [-0.25, -0.2) is 0 Å². The summed E-state index contributed by atoms with van der Waals surface area (Å²) >= 11 is 0. The summed E-state index contributed by atoms with van der Waals surface area (Å²) in [6.07, 6.45) is 9.92. The maximum Gasteiger partial charge on any atom is 0.0547 e. The minimum Gasteiger partial charge on any atom is -0.378 e. The summed E-state index contributed by atoms with van der Waals surface area (Å²) in [4.78, 5) is 0. The molecule has 0 saturated heterocycles. The SMILES string of the molecule is CC(CCCNC1CC1)OCCC1CC1. The monoisotopic (exact) mass is 211 g/mol. The number of ether oxygens (including phenoxy) is 1. The van der Waals surface area contributed by atoms with Crippen molar-refractivity contribution in [1.29, 1.82) is 0 Å². The van der Waals surface area contributed by atoms with E-state index in [-0.39, 0.29) is 0 Å². The first-order valence-electron chi connectivity index (χ1n) is 6.69. The van der Waals surface area contributed by atoms with Crippen LogP contribution in [0.4, 0.5) is 0 Å². The molecular weight excluding hydrogens is 186 g/mol. The predicted molar refractivity (Wildman–Crippen MR) is 63.0 cm³/mol. The van der Waals surface area contributed by atoms with Crippen LogP contribution in [0.25, 0.3) is 0 Å². The molecular formula is C13H25NO. The van der Waals surface area contributed by atoms with Gasteiger partial charge in [0.15, 0.2) is 0 Å². The van der Waals surface area contributed by atoms with Crippen molar-refractivity contribution in [2.75, 3.05) is 13.2 Å². The average molecular weight is 211 g/mol. The van der Waals surface area contributed by atoms with Gasteiger partial charge >= 0.3 is 0 Å². The van der Waals surface area contributed by atoms with Crippen molar-refractivity contribution in [2.45, 2.75) is 64.0 Å². The van der Waals surface area contributed by atoms with E-state index < -0.39 is 0 Å². The van der Waals surface area contributed by atoms with Gasteiger partial charge in [0.1, 0.15) is 0 Å². The second-order valence-electron chi connectivity index (χ2n) is 5.28. The van der Waals surface area contributed by atoms with Gasteiger partial charge in [0.25, 0.3) is 0 Å². The number of hydrogen-bond donors (Lipinski definition) is 1. The highest BCUT2D eigenvalue weighted by Gasteiger charge is 2.21. The standard InChI is InChI=1S/C13H25NO/c1-11(15-10-8-12-4-5-12)3-2-9-14-13-6-7-13/h11-14H,2-10H2,1H3. The molecule has 0 aromatic carbocycles. The van der Waals surface area contributed by atoms with E-state index in [1.54, 1.807) is 0 Å². The summed E-state index contributed by atoms with van der Waals surface area (Å²) in [5.74, 6) is 1.01. The normalized spacial score (nSPS) is 23.0. The van der Waals surface area contributed by atoms with Crippen LogP contribution in [-0.4, -0.2) is 25.3 Å². The predicted octanol–water partition coefficient (Wildman–Crippen LogP) is 2.72. The molecule has 1 atom stereocenters. The molecule has 1 unspecified atom stereocenters. The molecule has 0 aromatic rings. The minimum absolute atomic E-state index is 0.463. The fourth-order valence-electron chi connectivity index (χ4n) is 1.91. The second kappa shape index (κ2) is 5.86. The molecule has 2 heteroatoms. The van der Waals surface area contributed by atoms with Crippen molar-refractivity contribution >= 4 is 0 Å². The smallest absolute Gasteiger partial charge is 0.0547 e. The van der Waals surface area contributed by atoms with Crippen LogP contribution in [0.3, 0.4) is 0 Å². The zero-order valence-electron chi connectivity index (χ0n) is 10.0. The molecule has 15 heavy (non-hydrogen) atoms. The summed E-state index contributed by atoms with van der Waals surface area (Å²) in [7, 11) is 0.